The van der Waals surface area contributed by atoms with Gasteiger partial charge in [0, 0.05) is 18.5 Å². The van der Waals surface area contributed by atoms with Gasteiger partial charge in [-0.1, -0.05) is 35.9 Å². The van der Waals surface area contributed by atoms with Crippen LogP contribution in [0.25, 0.3) is 16.1 Å². The van der Waals surface area contributed by atoms with Crippen LogP contribution >= 0.6 is 23.1 Å². The Balaban J connectivity index is 1.33. The number of imidazole rings is 1. The molecule has 5 rings (SSSR count). The number of hydrogen-bond donors (Lipinski definition) is 1. The third kappa shape index (κ3) is 4.26. The van der Waals surface area contributed by atoms with Crippen molar-refractivity contribution in [2.75, 3.05) is 18.2 Å². The molecule has 0 unspecified atom stereocenters. The van der Waals surface area contributed by atoms with Crippen LogP contribution in [0, 0.1) is 13.8 Å². The molecule has 4 heterocycles. The van der Waals surface area contributed by atoms with Gasteiger partial charge in [0.05, 0.1) is 28.0 Å². The number of benzene rings is 1. The number of rotatable bonds is 5. The average molecular weight is 478 g/mol. The lowest BCUT2D eigenvalue weighted by atomic mass is 10.1. The first-order chi connectivity index (χ1) is 16.0. The summed E-state index contributed by atoms with van der Waals surface area (Å²) in [5, 5.41) is 3.85. The second kappa shape index (κ2) is 8.99. The summed E-state index contributed by atoms with van der Waals surface area (Å²) in [7, 11) is 0. The van der Waals surface area contributed by atoms with Crippen LogP contribution in [0.15, 0.2) is 54.9 Å². The van der Waals surface area contributed by atoms with Gasteiger partial charge in [0.2, 0.25) is 0 Å². The maximum Gasteiger partial charge on any atom is 0.275 e. The van der Waals surface area contributed by atoms with E-state index in [4.69, 9.17) is 0 Å². The van der Waals surface area contributed by atoms with E-state index in [0.717, 1.165) is 32.4 Å². The summed E-state index contributed by atoms with van der Waals surface area (Å²) in [4.78, 5) is 37.9. The van der Waals surface area contributed by atoms with Crippen molar-refractivity contribution in [1.82, 2.24) is 24.6 Å². The van der Waals surface area contributed by atoms with Crippen LogP contribution in [0.5, 0.6) is 0 Å². The highest BCUT2D eigenvalue weighted by atomic mass is 32.2. The molecule has 1 N–H and O–H groups in total. The minimum atomic E-state index is -0.206. The van der Waals surface area contributed by atoms with Gasteiger partial charge in [-0.3, -0.25) is 14.0 Å². The SMILES string of the molecule is Cc1cccc(-c2sc(C)nc2C(=O)N2CSC[C@H]2CNC(=O)c2cnc3ccccn23)c1. The van der Waals surface area contributed by atoms with E-state index in [9.17, 15) is 9.59 Å². The maximum atomic E-state index is 13.5. The Morgan fingerprint density at radius 2 is 2.06 bits per heavy atom. The summed E-state index contributed by atoms with van der Waals surface area (Å²) in [6, 6.07) is 13.6. The summed E-state index contributed by atoms with van der Waals surface area (Å²) in [6.45, 7) is 4.34. The average Bonchev–Trinajstić information content (AvgIpc) is 3.55. The number of carbonyl (C=O) groups is 2. The fourth-order valence-electron chi connectivity index (χ4n) is 3.97. The molecule has 4 aromatic rings. The number of fused-ring (bicyclic) bond motifs is 1. The molecule has 3 aromatic heterocycles. The van der Waals surface area contributed by atoms with E-state index in [1.165, 1.54) is 11.3 Å². The van der Waals surface area contributed by atoms with Crippen molar-refractivity contribution in [2.24, 2.45) is 0 Å². The molecule has 168 valence electrons. The zero-order valence-electron chi connectivity index (χ0n) is 18.3. The molecule has 1 saturated heterocycles. The molecule has 1 aliphatic rings. The third-order valence-electron chi connectivity index (χ3n) is 5.61. The van der Waals surface area contributed by atoms with Crippen LogP contribution in [-0.4, -0.2) is 55.3 Å². The molecule has 0 aliphatic carbocycles. The van der Waals surface area contributed by atoms with Crippen LogP contribution in [0.3, 0.4) is 0 Å². The number of aromatic nitrogens is 3. The van der Waals surface area contributed by atoms with E-state index >= 15 is 0 Å². The van der Waals surface area contributed by atoms with Crippen molar-refractivity contribution in [3.05, 3.63) is 76.8 Å². The molecular weight excluding hydrogens is 454 g/mol. The fraction of sp³-hybridized carbons (Fsp3) is 0.250. The highest BCUT2D eigenvalue weighted by Crippen LogP contribution is 2.33. The number of carbonyl (C=O) groups excluding carboxylic acids is 2. The van der Waals surface area contributed by atoms with Gasteiger partial charge >= 0.3 is 0 Å². The number of thiazole rings is 1. The zero-order chi connectivity index (χ0) is 22.9. The van der Waals surface area contributed by atoms with E-state index in [0.29, 0.717) is 23.8 Å². The quantitative estimate of drug-likeness (QED) is 0.470. The maximum absolute atomic E-state index is 13.5. The van der Waals surface area contributed by atoms with Gasteiger partial charge in [-0.05, 0) is 31.5 Å². The number of nitrogens with one attached hydrogen (secondary N) is 1. The Labute approximate surface area is 199 Å². The Morgan fingerprint density at radius 1 is 1.18 bits per heavy atom. The minimum Gasteiger partial charge on any atom is -0.349 e. The Kier molecular flexibility index (Phi) is 5.90. The standard InChI is InChI=1S/C24H23N5O2S2/c1-15-6-5-7-17(10-15)22-21(27-16(2)33-22)24(31)29-14-32-13-18(29)11-26-23(30)19-12-25-20-8-3-4-9-28(19)20/h3-10,12,18H,11,13-14H2,1-2H3,(H,26,30)/t18-/m1/s1. The predicted molar refractivity (Wildman–Crippen MR) is 132 cm³/mol. The van der Waals surface area contributed by atoms with Crippen molar-refractivity contribution >= 4 is 40.6 Å². The summed E-state index contributed by atoms with van der Waals surface area (Å²) in [6.07, 6.45) is 3.39. The monoisotopic (exact) mass is 477 g/mol. The molecule has 1 aliphatic heterocycles. The summed E-state index contributed by atoms with van der Waals surface area (Å²) >= 11 is 3.23. The molecule has 1 fully saturated rings. The van der Waals surface area contributed by atoms with Crippen LogP contribution in [0.2, 0.25) is 0 Å². The van der Waals surface area contributed by atoms with Gasteiger partial charge in [0.1, 0.15) is 17.0 Å². The van der Waals surface area contributed by atoms with Crippen LogP contribution in [0.1, 0.15) is 31.5 Å². The van der Waals surface area contributed by atoms with Crippen LogP contribution in [-0.2, 0) is 0 Å². The van der Waals surface area contributed by atoms with Crippen molar-refractivity contribution < 1.29 is 9.59 Å². The summed E-state index contributed by atoms with van der Waals surface area (Å²) in [5.41, 5.74) is 3.84. The molecular formula is C24H23N5O2S2. The molecule has 1 atom stereocenters. The zero-order valence-corrected chi connectivity index (χ0v) is 19.9. The lowest BCUT2D eigenvalue weighted by Gasteiger charge is -2.23. The Bertz CT molecular complexity index is 1350. The van der Waals surface area contributed by atoms with Gasteiger partial charge in [0.15, 0.2) is 0 Å². The first-order valence-electron chi connectivity index (χ1n) is 10.6. The first kappa shape index (κ1) is 21.7. The molecule has 1 aromatic carbocycles. The van der Waals surface area contributed by atoms with Crippen molar-refractivity contribution in [3.63, 3.8) is 0 Å². The van der Waals surface area contributed by atoms with Crippen LogP contribution in [0.4, 0.5) is 0 Å². The Morgan fingerprint density at radius 3 is 2.91 bits per heavy atom. The molecule has 9 heteroatoms. The molecule has 7 nitrogen and oxygen atoms in total. The van der Waals surface area contributed by atoms with E-state index in [1.54, 1.807) is 22.4 Å². The van der Waals surface area contributed by atoms with Gasteiger partial charge in [-0.25, -0.2) is 9.97 Å². The minimum absolute atomic E-state index is 0.0880. The fourth-order valence-corrected chi connectivity index (χ4v) is 6.07. The number of thioether (sulfide) groups is 1. The molecule has 0 spiro atoms. The number of amides is 2. The second-order valence-corrected chi connectivity index (χ2v) is 10.2. The van der Waals surface area contributed by atoms with Gasteiger partial charge in [-0.2, -0.15) is 0 Å². The molecule has 2 amide bonds. The third-order valence-corrected chi connectivity index (χ3v) is 7.71. The molecule has 0 saturated carbocycles. The summed E-state index contributed by atoms with van der Waals surface area (Å²) in [5.74, 6) is 1.05. The first-order valence-corrected chi connectivity index (χ1v) is 12.6. The highest BCUT2D eigenvalue weighted by Gasteiger charge is 2.33. The normalized spacial score (nSPS) is 15.8. The van der Waals surface area contributed by atoms with Gasteiger partial charge < -0.3 is 10.2 Å². The van der Waals surface area contributed by atoms with Gasteiger partial charge in [0.25, 0.3) is 11.8 Å². The van der Waals surface area contributed by atoms with Crippen molar-refractivity contribution in [1.29, 1.82) is 0 Å². The van der Waals surface area contributed by atoms with Crippen molar-refractivity contribution in [3.8, 4) is 10.4 Å². The molecule has 0 bridgehead atoms. The van der Waals surface area contributed by atoms with E-state index in [2.05, 4.69) is 21.4 Å². The number of hydrogen-bond acceptors (Lipinski definition) is 6. The number of aryl methyl sites for hydroxylation is 2. The Hall–Kier alpha value is -3.17. The van der Waals surface area contributed by atoms with E-state index in [-0.39, 0.29) is 17.9 Å². The van der Waals surface area contributed by atoms with Crippen LogP contribution < -0.4 is 5.32 Å². The van der Waals surface area contributed by atoms with Crippen molar-refractivity contribution in [2.45, 2.75) is 19.9 Å². The largest absolute Gasteiger partial charge is 0.349 e. The lowest BCUT2D eigenvalue weighted by Crippen LogP contribution is -2.44. The highest BCUT2D eigenvalue weighted by molar-refractivity contribution is 7.99. The summed E-state index contributed by atoms with van der Waals surface area (Å²) < 4.78 is 1.76. The van der Waals surface area contributed by atoms with E-state index < -0.39 is 0 Å². The van der Waals surface area contributed by atoms with E-state index in [1.807, 2.05) is 61.3 Å². The number of pyridine rings is 1. The molecule has 33 heavy (non-hydrogen) atoms. The lowest BCUT2D eigenvalue weighted by molar-refractivity contribution is 0.0731. The van der Waals surface area contributed by atoms with Gasteiger partial charge in [-0.15, -0.1) is 23.1 Å². The smallest absolute Gasteiger partial charge is 0.275 e. The second-order valence-electron chi connectivity index (χ2n) is 7.99. The number of nitrogens with zero attached hydrogens (tertiary/aromatic N) is 4. The predicted octanol–water partition coefficient (Wildman–Crippen LogP) is 4.02. The molecule has 0 radical (unpaired) electrons. The topological polar surface area (TPSA) is 79.6 Å².